The number of aromatic nitrogens is 1. The van der Waals surface area contributed by atoms with Gasteiger partial charge in [0, 0.05) is 16.1 Å². The zero-order chi connectivity index (χ0) is 18.6. The molecule has 138 valence electrons. The van der Waals surface area contributed by atoms with Gasteiger partial charge in [-0.25, -0.2) is 4.79 Å². The lowest BCUT2D eigenvalue weighted by Crippen LogP contribution is -2.18. The molecule has 1 aliphatic rings. The van der Waals surface area contributed by atoms with Crippen LogP contribution in [-0.2, 0) is 17.6 Å². The molecule has 0 amide bonds. The first-order valence-electron chi connectivity index (χ1n) is 9.18. The zero-order valence-corrected chi connectivity index (χ0v) is 15.7. The molecule has 27 heavy (non-hydrogen) atoms. The summed E-state index contributed by atoms with van der Waals surface area (Å²) in [5.41, 5.74) is 3.59. The van der Waals surface area contributed by atoms with Gasteiger partial charge in [0.25, 0.3) is 0 Å². The monoisotopic (exact) mass is 381 g/mol. The van der Waals surface area contributed by atoms with Crippen LogP contribution in [0.4, 0.5) is 0 Å². The predicted molar refractivity (Wildman–Crippen MR) is 106 cm³/mol. The lowest BCUT2D eigenvalue weighted by molar-refractivity contribution is 0.0451. The van der Waals surface area contributed by atoms with Crippen molar-refractivity contribution in [1.29, 1.82) is 0 Å². The Hall–Kier alpha value is -2.59. The van der Waals surface area contributed by atoms with Gasteiger partial charge in [0.15, 0.2) is 0 Å². The summed E-state index contributed by atoms with van der Waals surface area (Å²) in [6, 6.07) is 14.9. The topological polar surface area (TPSA) is 48.4 Å². The van der Waals surface area contributed by atoms with Crippen LogP contribution >= 0.6 is 11.6 Å². The molecule has 3 aromatic rings. The lowest BCUT2D eigenvalue weighted by Gasteiger charge is -2.20. The van der Waals surface area contributed by atoms with Crippen LogP contribution in [0.1, 0.15) is 34.5 Å². The molecule has 0 radical (unpaired) electrons. The van der Waals surface area contributed by atoms with Crippen molar-refractivity contribution in [1.82, 2.24) is 4.98 Å². The van der Waals surface area contributed by atoms with E-state index in [0.717, 1.165) is 47.8 Å². The first kappa shape index (κ1) is 17.8. The highest BCUT2D eigenvalue weighted by Gasteiger charge is 2.23. The van der Waals surface area contributed by atoms with E-state index in [0.29, 0.717) is 22.9 Å². The largest absolute Gasteiger partial charge is 0.490 e. The number of hydrogen-bond acceptors (Lipinski definition) is 4. The van der Waals surface area contributed by atoms with Crippen molar-refractivity contribution < 1.29 is 14.3 Å². The maximum absolute atomic E-state index is 12.9. The number of esters is 1. The molecular weight excluding hydrogens is 362 g/mol. The molecule has 4 nitrogen and oxygen atoms in total. The minimum absolute atomic E-state index is 0.187. The van der Waals surface area contributed by atoms with Gasteiger partial charge in [-0.2, -0.15) is 0 Å². The normalized spacial score (nSPS) is 13.2. The summed E-state index contributed by atoms with van der Waals surface area (Å²) in [5.74, 6) is 0.397. The molecule has 5 heteroatoms. The second kappa shape index (κ2) is 7.97. The number of carbonyl (C=O) groups is 1. The fourth-order valence-electron chi connectivity index (χ4n) is 3.50. The number of carbonyl (C=O) groups excluding carboxylic acids is 1. The highest BCUT2D eigenvalue weighted by molar-refractivity contribution is 6.30. The van der Waals surface area contributed by atoms with Crippen molar-refractivity contribution in [2.45, 2.75) is 25.7 Å². The van der Waals surface area contributed by atoms with Crippen molar-refractivity contribution in [3.63, 3.8) is 0 Å². The summed E-state index contributed by atoms with van der Waals surface area (Å²) in [4.78, 5) is 17.6. The molecule has 4 rings (SSSR count). The molecule has 0 bridgehead atoms. The van der Waals surface area contributed by atoms with Crippen LogP contribution in [0.2, 0.25) is 5.02 Å². The Morgan fingerprint density at radius 3 is 2.63 bits per heavy atom. The van der Waals surface area contributed by atoms with Gasteiger partial charge in [0.1, 0.15) is 19.0 Å². The van der Waals surface area contributed by atoms with E-state index < -0.39 is 0 Å². The average Bonchev–Trinajstić information content (AvgIpc) is 2.70. The molecule has 1 aliphatic carbocycles. The Kier molecular flexibility index (Phi) is 5.26. The van der Waals surface area contributed by atoms with Crippen molar-refractivity contribution >= 4 is 28.5 Å². The predicted octanol–water partition coefficient (Wildman–Crippen LogP) is 5.00. The van der Waals surface area contributed by atoms with E-state index >= 15 is 0 Å². The molecule has 0 unspecified atom stereocenters. The number of para-hydroxylation sites is 1. The number of fused-ring (bicyclic) bond motifs is 2. The van der Waals surface area contributed by atoms with E-state index in [2.05, 4.69) is 0 Å². The number of pyridine rings is 1. The van der Waals surface area contributed by atoms with Gasteiger partial charge in [0.05, 0.1) is 11.1 Å². The van der Waals surface area contributed by atoms with Crippen LogP contribution in [0.25, 0.3) is 10.9 Å². The molecule has 0 fully saturated rings. The second-order valence-corrected chi connectivity index (χ2v) is 7.01. The van der Waals surface area contributed by atoms with Crippen LogP contribution < -0.4 is 4.74 Å². The van der Waals surface area contributed by atoms with Crippen LogP contribution in [-0.4, -0.2) is 24.2 Å². The number of ether oxygens (including phenoxy) is 2. The molecule has 1 aromatic heterocycles. The van der Waals surface area contributed by atoms with E-state index in [4.69, 9.17) is 26.1 Å². The molecule has 0 N–H and O–H groups in total. The first-order chi connectivity index (χ1) is 13.2. The minimum Gasteiger partial charge on any atom is -0.490 e. The van der Waals surface area contributed by atoms with E-state index in [-0.39, 0.29) is 12.6 Å². The van der Waals surface area contributed by atoms with Gasteiger partial charge in [-0.05, 0) is 61.6 Å². The van der Waals surface area contributed by atoms with Gasteiger partial charge in [0.2, 0.25) is 0 Å². The summed E-state index contributed by atoms with van der Waals surface area (Å²) < 4.78 is 11.1. The lowest BCUT2D eigenvalue weighted by atomic mass is 9.90. The fourth-order valence-corrected chi connectivity index (χ4v) is 3.63. The van der Waals surface area contributed by atoms with Crippen LogP contribution in [0, 0.1) is 0 Å². The third-order valence-corrected chi connectivity index (χ3v) is 5.02. The molecule has 0 saturated carbocycles. The van der Waals surface area contributed by atoms with Crippen LogP contribution in [0.15, 0.2) is 48.5 Å². The summed E-state index contributed by atoms with van der Waals surface area (Å²) in [5, 5.41) is 1.52. The molecular formula is C22H20ClNO3. The smallest absolute Gasteiger partial charge is 0.339 e. The van der Waals surface area contributed by atoms with E-state index in [1.807, 2.05) is 24.3 Å². The van der Waals surface area contributed by atoms with Crippen molar-refractivity contribution in [3.05, 3.63) is 70.4 Å². The summed E-state index contributed by atoms with van der Waals surface area (Å²) in [7, 11) is 0. The molecule has 0 spiro atoms. The Morgan fingerprint density at radius 1 is 1.00 bits per heavy atom. The Bertz CT molecular complexity index is 969. The van der Waals surface area contributed by atoms with Crippen molar-refractivity contribution in [2.24, 2.45) is 0 Å². The van der Waals surface area contributed by atoms with Gasteiger partial charge in [-0.3, -0.25) is 4.98 Å². The number of benzene rings is 2. The Balaban J connectivity index is 1.49. The minimum atomic E-state index is -0.300. The van der Waals surface area contributed by atoms with Crippen LogP contribution in [0.3, 0.4) is 0 Å². The first-order valence-corrected chi connectivity index (χ1v) is 9.56. The quantitative estimate of drug-likeness (QED) is 0.460. The number of rotatable bonds is 5. The van der Waals surface area contributed by atoms with E-state index in [1.165, 1.54) is 0 Å². The average molecular weight is 382 g/mol. The molecule has 2 aromatic carbocycles. The van der Waals surface area contributed by atoms with Gasteiger partial charge in [-0.1, -0.05) is 29.8 Å². The van der Waals surface area contributed by atoms with Gasteiger partial charge < -0.3 is 9.47 Å². The Labute approximate surface area is 163 Å². The third-order valence-electron chi connectivity index (χ3n) is 4.77. The zero-order valence-electron chi connectivity index (χ0n) is 14.9. The third kappa shape index (κ3) is 3.91. The second-order valence-electron chi connectivity index (χ2n) is 6.57. The number of hydrogen-bond donors (Lipinski definition) is 0. The van der Waals surface area contributed by atoms with E-state index in [9.17, 15) is 4.79 Å². The van der Waals surface area contributed by atoms with Crippen molar-refractivity contribution in [3.8, 4) is 5.75 Å². The summed E-state index contributed by atoms with van der Waals surface area (Å²) in [6.07, 6.45) is 3.98. The summed E-state index contributed by atoms with van der Waals surface area (Å²) >= 11 is 5.86. The molecule has 0 saturated heterocycles. The molecule has 1 heterocycles. The molecule has 0 atom stereocenters. The maximum atomic E-state index is 12.9. The van der Waals surface area contributed by atoms with E-state index in [1.54, 1.807) is 24.3 Å². The maximum Gasteiger partial charge on any atom is 0.339 e. The number of halogens is 1. The summed E-state index contributed by atoms with van der Waals surface area (Å²) in [6.45, 7) is 0.478. The van der Waals surface area contributed by atoms with Crippen LogP contribution in [0.5, 0.6) is 5.75 Å². The SMILES string of the molecule is O=C(OCCOc1ccc(Cl)cc1)c1c2c(nc3ccccc13)CCCC2. The standard InChI is InChI=1S/C22H20ClNO3/c23-15-9-11-16(12-10-15)26-13-14-27-22(25)21-17-5-1-3-7-19(17)24-20-8-4-2-6-18(20)21/h1,3,5,7,9-12H,2,4,6,8,13-14H2. The number of nitrogens with zero attached hydrogens (tertiary/aromatic N) is 1. The fraction of sp³-hybridized carbons (Fsp3) is 0.273. The Morgan fingerprint density at radius 2 is 1.78 bits per heavy atom. The van der Waals surface area contributed by atoms with Crippen molar-refractivity contribution in [2.75, 3.05) is 13.2 Å². The highest BCUT2D eigenvalue weighted by atomic mass is 35.5. The van der Waals surface area contributed by atoms with Gasteiger partial charge in [-0.15, -0.1) is 0 Å². The number of aryl methyl sites for hydroxylation is 1. The highest BCUT2D eigenvalue weighted by Crippen LogP contribution is 2.29. The molecule has 0 aliphatic heterocycles. The van der Waals surface area contributed by atoms with Gasteiger partial charge >= 0.3 is 5.97 Å².